The molecule has 0 saturated carbocycles. The summed E-state index contributed by atoms with van der Waals surface area (Å²) >= 11 is 1.04. The van der Waals surface area contributed by atoms with E-state index in [-0.39, 0.29) is 23.2 Å². The molecule has 0 spiro atoms. The van der Waals surface area contributed by atoms with Crippen LogP contribution < -0.4 is 11.0 Å². The molecule has 1 amide bonds. The minimum Gasteiger partial charge on any atom is -0.376 e. The molecule has 1 aromatic carbocycles. The number of carbonyl (C=O) groups is 1. The molecule has 7 nitrogen and oxygen atoms in total. The van der Waals surface area contributed by atoms with Gasteiger partial charge in [-0.2, -0.15) is 0 Å². The van der Waals surface area contributed by atoms with E-state index in [1.807, 2.05) is 0 Å². The van der Waals surface area contributed by atoms with Gasteiger partial charge < -0.3 is 10.1 Å². The van der Waals surface area contributed by atoms with E-state index in [1.165, 1.54) is 4.57 Å². The van der Waals surface area contributed by atoms with E-state index < -0.39 is 17.5 Å². The van der Waals surface area contributed by atoms with E-state index in [0.717, 1.165) is 36.7 Å². The highest BCUT2D eigenvalue weighted by molar-refractivity contribution is 7.99. The van der Waals surface area contributed by atoms with Crippen LogP contribution in [0, 0.1) is 11.6 Å². The Morgan fingerprint density at radius 1 is 1.48 bits per heavy atom. The number of thioether (sulfide) groups is 1. The standard InChI is InChI=1S/C15H16F2N4O3S/c16-9-3-4-12(11(17)6-9)18-13(22)8-25-15-20-19-14(23)21(15)7-10-2-1-5-24-10/h3-4,6,10H,1-2,5,7-8H2,(H,18,22)(H,19,23)/t10-/m0/s1. The summed E-state index contributed by atoms with van der Waals surface area (Å²) in [7, 11) is 0. The minimum absolute atomic E-state index is 0.0446. The average Bonchev–Trinajstić information content (AvgIpc) is 3.20. The zero-order valence-corrected chi connectivity index (χ0v) is 13.9. The number of H-pyrrole nitrogens is 1. The lowest BCUT2D eigenvalue weighted by Gasteiger charge is -2.11. The largest absolute Gasteiger partial charge is 0.376 e. The number of hydrogen-bond acceptors (Lipinski definition) is 5. The lowest BCUT2D eigenvalue weighted by Crippen LogP contribution is -2.25. The van der Waals surface area contributed by atoms with Crippen LogP contribution >= 0.6 is 11.8 Å². The SMILES string of the molecule is O=C(CSc1n[nH]c(=O)n1C[C@@H]1CCCO1)Nc1ccc(F)cc1F. The van der Waals surface area contributed by atoms with Crippen LogP contribution in [-0.4, -0.2) is 39.1 Å². The second-order valence-corrected chi connectivity index (χ2v) is 6.46. The summed E-state index contributed by atoms with van der Waals surface area (Å²) in [5.41, 5.74) is -0.478. The van der Waals surface area contributed by atoms with Gasteiger partial charge in [0.15, 0.2) is 5.16 Å². The molecule has 0 radical (unpaired) electrons. The number of benzene rings is 1. The van der Waals surface area contributed by atoms with Crippen LogP contribution in [-0.2, 0) is 16.1 Å². The number of aromatic nitrogens is 3. The van der Waals surface area contributed by atoms with Crippen LogP contribution in [0.5, 0.6) is 0 Å². The van der Waals surface area contributed by atoms with Gasteiger partial charge >= 0.3 is 5.69 Å². The molecule has 1 aliphatic heterocycles. The van der Waals surface area contributed by atoms with E-state index in [1.54, 1.807) is 0 Å². The summed E-state index contributed by atoms with van der Waals surface area (Å²) < 4.78 is 33.3. The topological polar surface area (TPSA) is 89.0 Å². The van der Waals surface area contributed by atoms with Crippen molar-refractivity contribution in [2.75, 3.05) is 17.7 Å². The van der Waals surface area contributed by atoms with Crippen LogP contribution in [0.1, 0.15) is 12.8 Å². The fourth-order valence-electron chi connectivity index (χ4n) is 2.47. The molecule has 134 valence electrons. The van der Waals surface area contributed by atoms with Crippen molar-refractivity contribution in [3.05, 3.63) is 40.3 Å². The molecule has 1 saturated heterocycles. The number of aromatic amines is 1. The van der Waals surface area contributed by atoms with Crippen LogP contribution in [0.15, 0.2) is 28.2 Å². The van der Waals surface area contributed by atoms with Crippen LogP contribution in [0.4, 0.5) is 14.5 Å². The summed E-state index contributed by atoms with van der Waals surface area (Å²) in [6.45, 7) is 1.04. The summed E-state index contributed by atoms with van der Waals surface area (Å²) in [6.07, 6.45) is 1.77. The van der Waals surface area contributed by atoms with Gasteiger partial charge in [0.25, 0.3) is 0 Å². The van der Waals surface area contributed by atoms with Gasteiger partial charge in [0.1, 0.15) is 11.6 Å². The first-order chi connectivity index (χ1) is 12.0. The molecule has 10 heteroatoms. The summed E-state index contributed by atoms with van der Waals surface area (Å²) in [6, 6.07) is 2.89. The van der Waals surface area contributed by atoms with Gasteiger partial charge in [0, 0.05) is 12.7 Å². The number of carbonyl (C=O) groups excluding carboxylic acids is 1. The second-order valence-electron chi connectivity index (χ2n) is 5.52. The first kappa shape index (κ1) is 17.6. The van der Waals surface area contributed by atoms with Crippen molar-refractivity contribution >= 4 is 23.4 Å². The highest BCUT2D eigenvalue weighted by atomic mass is 32.2. The van der Waals surface area contributed by atoms with Crippen molar-refractivity contribution < 1.29 is 18.3 Å². The Morgan fingerprint density at radius 3 is 3.04 bits per heavy atom. The molecular formula is C15H16F2N4O3S. The summed E-state index contributed by atoms with van der Waals surface area (Å²) in [5.74, 6) is -2.14. The third-order valence-corrected chi connectivity index (χ3v) is 4.65. The normalized spacial score (nSPS) is 17.0. The number of hydrogen-bond donors (Lipinski definition) is 2. The number of anilines is 1. The monoisotopic (exact) mass is 370 g/mol. The highest BCUT2D eigenvalue weighted by Gasteiger charge is 2.20. The van der Waals surface area contributed by atoms with Gasteiger partial charge in [-0.15, -0.1) is 5.10 Å². The molecule has 0 unspecified atom stereocenters. The molecule has 3 rings (SSSR count). The first-order valence-corrected chi connectivity index (χ1v) is 8.66. The van der Waals surface area contributed by atoms with Gasteiger partial charge in [0.2, 0.25) is 5.91 Å². The minimum atomic E-state index is -0.853. The fourth-order valence-corrected chi connectivity index (χ4v) is 3.23. The maximum atomic E-state index is 13.5. The first-order valence-electron chi connectivity index (χ1n) is 7.67. The van der Waals surface area contributed by atoms with Crippen molar-refractivity contribution in [2.24, 2.45) is 0 Å². The van der Waals surface area contributed by atoms with E-state index in [0.29, 0.717) is 24.4 Å². The third-order valence-electron chi connectivity index (χ3n) is 3.67. The Hall–Kier alpha value is -2.20. The third kappa shape index (κ3) is 4.45. The van der Waals surface area contributed by atoms with Crippen molar-refractivity contribution in [1.82, 2.24) is 14.8 Å². The van der Waals surface area contributed by atoms with E-state index in [2.05, 4.69) is 15.5 Å². The molecule has 25 heavy (non-hydrogen) atoms. The number of ether oxygens (including phenoxy) is 1. The van der Waals surface area contributed by atoms with Gasteiger partial charge in [-0.05, 0) is 25.0 Å². The smallest absolute Gasteiger partial charge is 0.344 e. The molecule has 1 aromatic heterocycles. The lowest BCUT2D eigenvalue weighted by molar-refractivity contribution is -0.113. The van der Waals surface area contributed by atoms with Crippen molar-refractivity contribution in [3.63, 3.8) is 0 Å². The quantitative estimate of drug-likeness (QED) is 0.757. The predicted molar refractivity (Wildman–Crippen MR) is 87.5 cm³/mol. The Balaban J connectivity index is 1.59. The molecular weight excluding hydrogens is 354 g/mol. The van der Waals surface area contributed by atoms with Gasteiger partial charge in [-0.1, -0.05) is 11.8 Å². The Kier molecular flexibility index (Phi) is 5.49. The zero-order valence-electron chi connectivity index (χ0n) is 13.1. The van der Waals surface area contributed by atoms with Crippen molar-refractivity contribution in [1.29, 1.82) is 0 Å². The van der Waals surface area contributed by atoms with Gasteiger partial charge in [0.05, 0.1) is 24.1 Å². The number of nitrogens with zero attached hydrogens (tertiary/aromatic N) is 2. The number of amides is 1. The average molecular weight is 370 g/mol. The Morgan fingerprint density at radius 2 is 2.32 bits per heavy atom. The van der Waals surface area contributed by atoms with Gasteiger partial charge in [-0.25, -0.2) is 18.7 Å². The summed E-state index contributed by atoms with van der Waals surface area (Å²) in [4.78, 5) is 23.8. The molecule has 1 fully saturated rings. The summed E-state index contributed by atoms with van der Waals surface area (Å²) in [5, 5.41) is 8.96. The van der Waals surface area contributed by atoms with Crippen molar-refractivity contribution in [2.45, 2.75) is 30.6 Å². The molecule has 2 aromatic rings. The molecule has 2 heterocycles. The van der Waals surface area contributed by atoms with E-state index in [9.17, 15) is 18.4 Å². The van der Waals surface area contributed by atoms with E-state index >= 15 is 0 Å². The molecule has 0 aliphatic carbocycles. The molecule has 2 N–H and O–H groups in total. The van der Waals surface area contributed by atoms with E-state index in [4.69, 9.17) is 4.74 Å². The Labute approximate surface area is 145 Å². The molecule has 0 bridgehead atoms. The van der Waals surface area contributed by atoms with Crippen LogP contribution in [0.3, 0.4) is 0 Å². The maximum Gasteiger partial charge on any atom is 0.344 e. The number of nitrogens with one attached hydrogen (secondary N) is 2. The zero-order chi connectivity index (χ0) is 17.8. The highest BCUT2D eigenvalue weighted by Crippen LogP contribution is 2.19. The lowest BCUT2D eigenvalue weighted by atomic mass is 10.2. The van der Waals surface area contributed by atoms with Gasteiger partial charge in [-0.3, -0.25) is 9.36 Å². The van der Waals surface area contributed by atoms with Crippen LogP contribution in [0.2, 0.25) is 0 Å². The Bertz CT molecular complexity index is 817. The molecule has 1 aliphatic rings. The number of rotatable bonds is 6. The maximum absolute atomic E-state index is 13.5. The predicted octanol–water partition coefficient (Wildman–Crippen LogP) is 1.76. The second kappa shape index (κ2) is 7.79. The van der Waals surface area contributed by atoms with Crippen LogP contribution in [0.25, 0.3) is 0 Å². The van der Waals surface area contributed by atoms with Crippen molar-refractivity contribution in [3.8, 4) is 0 Å². The fraction of sp³-hybridized carbons (Fsp3) is 0.400. The molecule has 1 atom stereocenters. The number of halogens is 2.